The molecule has 0 radical (unpaired) electrons. The highest BCUT2D eigenvalue weighted by Crippen LogP contribution is 1.94. The molecule has 0 saturated carbocycles. The van der Waals surface area contributed by atoms with Gasteiger partial charge in [0.05, 0.1) is 0 Å². The number of aliphatic carboxylic acids is 1. The highest BCUT2D eigenvalue weighted by molar-refractivity contribution is 7.82. The number of hydrogen-bond acceptors (Lipinski definition) is 4. The Hall–Kier alpha value is -1.34. The number of aromatic amines is 2. The molecule has 0 aliphatic heterocycles. The van der Waals surface area contributed by atoms with Crippen LogP contribution in [0.5, 0.6) is 0 Å². The molecule has 0 aromatic carbocycles. The van der Waals surface area contributed by atoms with E-state index in [1.807, 2.05) is 0 Å². The van der Waals surface area contributed by atoms with Crippen LogP contribution in [0.1, 0.15) is 5.69 Å². The standard InChI is InChI=1S/C7H6N2O3S2/c10-5-2-3(8-7(14)9-5)1-4(13)6(11)12/h2H,1H2,(H,11,12)(H2,8,9,10,14). The first-order chi connectivity index (χ1) is 6.49. The van der Waals surface area contributed by atoms with E-state index in [1.165, 1.54) is 6.07 Å². The number of H-pyrrole nitrogens is 2. The number of aromatic nitrogens is 2. The van der Waals surface area contributed by atoms with Gasteiger partial charge in [-0.15, -0.1) is 0 Å². The molecule has 0 unspecified atom stereocenters. The van der Waals surface area contributed by atoms with Gasteiger partial charge >= 0.3 is 5.97 Å². The molecule has 0 fully saturated rings. The summed E-state index contributed by atoms with van der Waals surface area (Å²) in [4.78, 5) is 26.1. The first-order valence-electron chi connectivity index (χ1n) is 3.57. The van der Waals surface area contributed by atoms with Crippen molar-refractivity contribution in [2.24, 2.45) is 0 Å². The number of nitrogens with one attached hydrogen (secondary N) is 2. The lowest BCUT2D eigenvalue weighted by atomic mass is 10.2. The van der Waals surface area contributed by atoms with Gasteiger partial charge in [0.15, 0.2) is 4.77 Å². The molecule has 0 atom stereocenters. The second-order valence-electron chi connectivity index (χ2n) is 2.52. The molecule has 0 spiro atoms. The van der Waals surface area contributed by atoms with Crippen molar-refractivity contribution in [3.63, 3.8) is 0 Å². The van der Waals surface area contributed by atoms with Crippen molar-refractivity contribution in [1.82, 2.24) is 9.97 Å². The third-order valence-corrected chi connectivity index (χ3v) is 1.93. The van der Waals surface area contributed by atoms with Crippen LogP contribution < -0.4 is 5.56 Å². The Morgan fingerprint density at radius 3 is 2.64 bits per heavy atom. The minimum atomic E-state index is -1.17. The Bertz CT molecular complexity index is 460. The van der Waals surface area contributed by atoms with E-state index in [9.17, 15) is 9.59 Å². The molecule has 0 aliphatic rings. The van der Waals surface area contributed by atoms with Crippen molar-refractivity contribution in [3.8, 4) is 0 Å². The average Bonchev–Trinajstić information content (AvgIpc) is 2.01. The summed E-state index contributed by atoms with van der Waals surface area (Å²) >= 11 is 9.28. The van der Waals surface area contributed by atoms with Crippen molar-refractivity contribution in [2.75, 3.05) is 0 Å². The minimum absolute atomic E-state index is 0.00176. The third kappa shape index (κ3) is 2.86. The minimum Gasteiger partial charge on any atom is -0.477 e. The SMILES string of the molecule is O=C(O)C(=S)Cc1cc(=O)[nH]c(=S)[nH]1. The zero-order chi connectivity index (χ0) is 10.7. The summed E-state index contributed by atoms with van der Waals surface area (Å²) in [6.45, 7) is 0. The summed E-state index contributed by atoms with van der Waals surface area (Å²) in [5, 5.41) is 8.51. The second-order valence-corrected chi connectivity index (χ2v) is 3.42. The van der Waals surface area contributed by atoms with Crippen LogP contribution in [0.4, 0.5) is 0 Å². The van der Waals surface area contributed by atoms with E-state index >= 15 is 0 Å². The number of carboxylic acid groups (broad SMARTS) is 1. The summed E-state index contributed by atoms with van der Waals surface area (Å²) < 4.78 is 0.153. The maximum absolute atomic E-state index is 10.9. The van der Waals surface area contributed by atoms with Crippen LogP contribution in [0.15, 0.2) is 10.9 Å². The zero-order valence-corrected chi connectivity index (χ0v) is 8.50. The van der Waals surface area contributed by atoms with E-state index in [2.05, 4.69) is 22.2 Å². The predicted octanol–water partition coefficient (Wildman–Crippen LogP) is 0.429. The molecule has 1 rings (SSSR count). The van der Waals surface area contributed by atoms with Gasteiger partial charge in [0, 0.05) is 18.2 Å². The van der Waals surface area contributed by atoms with Crippen LogP contribution in [-0.2, 0) is 11.2 Å². The predicted molar refractivity (Wildman–Crippen MR) is 56.2 cm³/mol. The summed E-state index contributed by atoms with van der Waals surface area (Å²) in [6.07, 6.45) is -0.00176. The van der Waals surface area contributed by atoms with Gasteiger partial charge in [-0.2, -0.15) is 0 Å². The first-order valence-corrected chi connectivity index (χ1v) is 4.39. The fourth-order valence-electron chi connectivity index (χ4n) is 0.863. The summed E-state index contributed by atoms with van der Waals surface area (Å²) in [5.41, 5.74) is 0.0167. The van der Waals surface area contributed by atoms with Gasteiger partial charge in [0.1, 0.15) is 4.86 Å². The monoisotopic (exact) mass is 230 g/mol. The van der Waals surface area contributed by atoms with Gasteiger partial charge in [0.2, 0.25) is 0 Å². The molecule has 0 aliphatic carbocycles. The summed E-state index contributed by atoms with van der Waals surface area (Å²) in [5.74, 6) is -1.17. The van der Waals surface area contributed by atoms with E-state index in [0.717, 1.165) is 0 Å². The topological polar surface area (TPSA) is 85.9 Å². The lowest BCUT2D eigenvalue weighted by molar-refractivity contribution is -0.129. The van der Waals surface area contributed by atoms with Crippen LogP contribution in [-0.4, -0.2) is 25.9 Å². The van der Waals surface area contributed by atoms with Gasteiger partial charge in [-0.25, -0.2) is 4.79 Å². The summed E-state index contributed by atoms with van der Waals surface area (Å²) in [6, 6.07) is 1.23. The van der Waals surface area contributed by atoms with Gasteiger partial charge in [-0.3, -0.25) is 9.78 Å². The van der Waals surface area contributed by atoms with Crippen molar-refractivity contribution >= 4 is 35.3 Å². The van der Waals surface area contributed by atoms with E-state index in [4.69, 9.17) is 17.3 Å². The molecule has 7 heteroatoms. The Morgan fingerprint density at radius 2 is 2.14 bits per heavy atom. The molecule has 0 saturated heterocycles. The zero-order valence-electron chi connectivity index (χ0n) is 6.86. The average molecular weight is 230 g/mol. The highest BCUT2D eigenvalue weighted by atomic mass is 32.1. The smallest absolute Gasteiger partial charge is 0.342 e. The fraction of sp³-hybridized carbons (Fsp3) is 0.143. The van der Waals surface area contributed by atoms with Crippen LogP contribution >= 0.6 is 24.4 Å². The Kier molecular flexibility index (Phi) is 3.26. The molecule has 0 amide bonds. The van der Waals surface area contributed by atoms with Crippen LogP contribution in [0, 0.1) is 4.77 Å². The van der Waals surface area contributed by atoms with Crippen molar-refractivity contribution in [3.05, 3.63) is 26.9 Å². The molecule has 0 bridgehead atoms. The molecule has 1 heterocycles. The molecule has 74 valence electrons. The summed E-state index contributed by atoms with van der Waals surface area (Å²) in [7, 11) is 0. The normalized spacial score (nSPS) is 9.71. The first kappa shape index (κ1) is 10.7. The molecule has 5 nitrogen and oxygen atoms in total. The highest BCUT2D eigenvalue weighted by Gasteiger charge is 2.07. The van der Waals surface area contributed by atoms with E-state index in [0.29, 0.717) is 5.69 Å². The Balaban J connectivity index is 2.98. The number of carboxylic acids is 1. The largest absolute Gasteiger partial charge is 0.477 e. The molecular weight excluding hydrogens is 224 g/mol. The maximum atomic E-state index is 10.9. The van der Waals surface area contributed by atoms with Crippen LogP contribution in [0.2, 0.25) is 0 Å². The van der Waals surface area contributed by atoms with Gasteiger partial charge in [-0.1, -0.05) is 12.2 Å². The molecule has 14 heavy (non-hydrogen) atoms. The quantitative estimate of drug-likeness (QED) is 0.655. The maximum Gasteiger partial charge on any atom is 0.342 e. The van der Waals surface area contributed by atoms with Crippen molar-refractivity contribution in [2.45, 2.75) is 6.42 Å². The number of carbonyl (C=O) groups is 1. The third-order valence-electron chi connectivity index (χ3n) is 1.41. The van der Waals surface area contributed by atoms with Gasteiger partial charge < -0.3 is 10.1 Å². The van der Waals surface area contributed by atoms with E-state index in [1.54, 1.807) is 0 Å². The molecule has 3 N–H and O–H groups in total. The Labute approximate surface area is 88.8 Å². The lowest BCUT2D eigenvalue weighted by Crippen LogP contribution is -2.16. The number of hydrogen-bond donors (Lipinski definition) is 3. The number of rotatable bonds is 3. The van der Waals surface area contributed by atoms with Gasteiger partial charge in [0.25, 0.3) is 5.56 Å². The fourth-order valence-corrected chi connectivity index (χ4v) is 1.25. The van der Waals surface area contributed by atoms with E-state index < -0.39 is 5.97 Å². The molecule has 1 aromatic rings. The molecule has 1 aromatic heterocycles. The second kappa shape index (κ2) is 4.25. The number of thiocarbonyl (C=S) groups is 1. The molecular formula is C7H6N2O3S2. The van der Waals surface area contributed by atoms with Crippen LogP contribution in [0.3, 0.4) is 0 Å². The van der Waals surface area contributed by atoms with E-state index in [-0.39, 0.29) is 21.6 Å². The van der Waals surface area contributed by atoms with Crippen molar-refractivity contribution in [1.29, 1.82) is 0 Å². The van der Waals surface area contributed by atoms with Crippen molar-refractivity contribution < 1.29 is 9.90 Å². The van der Waals surface area contributed by atoms with Crippen LogP contribution in [0.25, 0.3) is 0 Å². The lowest BCUT2D eigenvalue weighted by Gasteiger charge is -1.98. The Morgan fingerprint density at radius 1 is 1.50 bits per heavy atom. The van der Waals surface area contributed by atoms with Gasteiger partial charge in [-0.05, 0) is 12.2 Å².